The molecule has 188 valence electrons. The van der Waals surface area contributed by atoms with Gasteiger partial charge in [0.05, 0.1) is 29.3 Å². The van der Waals surface area contributed by atoms with Gasteiger partial charge >= 0.3 is 0 Å². The highest BCUT2D eigenvalue weighted by Gasteiger charge is 2.48. The molecule has 1 amide bonds. The van der Waals surface area contributed by atoms with Crippen LogP contribution in [0.5, 0.6) is 5.75 Å². The van der Waals surface area contributed by atoms with Gasteiger partial charge in [-0.25, -0.2) is 0 Å². The molecule has 1 aliphatic rings. The molecule has 1 fully saturated rings. The lowest BCUT2D eigenvalue weighted by Gasteiger charge is -2.26. The quantitative estimate of drug-likeness (QED) is 0.194. The summed E-state index contributed by atoms with van der Waals surface area (Å²) in [5.41, 5.74) is 5.21. The van der Waals surface area contributed by atoms with Crippen LogP contribution in [0.4, 0.5) is 5.69 Å². The highest BCUT2D eigenvalue weighted by molar-refractivity contribution is 6.52. The topological polar surface area (TPSA) is 71.8 Å². The lowest BCUT2D eigenvalue weighted by molar-refractivity contribution is -0.132. The standard InChI is InChI=1S/C30H27ClN2O4/c1-16-10-17(2)12-19(11-16)33-26(22-15-32(4)24-9-7-6-8-20(22)24)25(28(35)30(33)36)27(34)21-13-18(3)14-23(31)29(21)37-5/h6-15,26,34H,1-5H3/b27-25+. The predicted octanol–water partition coefficient (Wildman–Crippen LogP) is 6.39. The molecule has 4 aromatic rings. The lowest BCUT2D eigenvalue weighted by atomic mass is 9.94. The van der Waals surface area contributed by atoms with Crippen molar-refractivity contribution in [3.8, 4) is 5.75 Å². The van der Waals surface area contributed by atoms with E-state index in [-0.39, 0.29) is 22.6 Å². The smallest absolute Gasteiger partial charge is 0.300 e. The van der Waals surface area contributed by atoms with Crippen molar-refractivity contribution in [3.05, 3.63) is 99.2 Å². The number of aryl methyl sites for hydroxylation is 4. The molecule has 37 heavy (non-hydrogen) atoms. The first-order valence-electron chi connectivity index (χ1n) is 11.9. The second-order valence-corrected chi connectivity index (χ2v) is 9.96. The third kappa shape index (κ3) is 3.98. The van der Waals surface area contributed by atoms with E-state index in [4.69, 9.17) is 16.3 Å². The molecule has 5 rings (SSSR count). The van der Waals surface area contributed by atoms with Gasteiger partial charge in [-0.15, -0.1) is 0 Å². The van der Waals surface area contributed by atoms with E-state index in [0.717, 1.165) is 33.2 Å². The maximum atomic E-state index is 13.7. The number of amides is 1. The van der Waals surface area contributed by atoms with Crippen LogP contribution in [0.1, 0.15) is 33.9 Å². The average Bonchev–Trinajstić information content (AvgIpc) is 3.31. The summed E-state index contributed by atoms with van der Waals surface area (Å²) >= 11 is 6.42. The number of ketones is 1. The van der Waals surface area contributed by atoms with Crippen LogP contribution in [-0.4, -0.2) is 28.5 Å². The summed E-state index contributed by atoms with van der Waals surface area (Å²) in [6, 6.07) is 16.1. The molecule has 0 radical (unpaired) electrons. The van der Waals surface area contributed by atoms with E-state index >= 15 is 0 Å². The van der Waals surface area contributed by atoms with Gasteiger partial charge in [0, 0.05) is 35.4 Å². The normalized spacial score (nSPS) is 17.1. The number of para-hydroxylation sites is 1. The number of hydrogen-bond acceptors (Lipinski definition) is 4. The largest absolute Gasteiger partial charge is 0.507 e. The zero-order valence-corrected chi connectivity index (χ0v) is 22.1. The monoisotopic (exact) mass is 514 g/mol. The predicted molar refractivity (Wildman–Crippen MR) is 146 cm³/mol. The molecule has 6 nitrogen and oxygen atoms in total. The van der Waals surface area contributed by atoms with Crippen molar-refractivity contribution in [2.45, 2.75) is 26.8 Å². The van der Waals surface area contributed by atoms with Crippen LogP contribution in [0.25, 0.3) is 16.7 Å². The molecule has 0 spiro atoms. The molecule has 3 aromatic carbocycles. The van der Waals surface area contributed by atoms with Crippen molar-refractivity contribution in [2.24, 2.45) is 7.05 Å². The summed E-state index contributed by atoms with van der Waals surface area (Å²) in [7, 11) is 3.36. The summed E-state index contributed by atoms with van der Waals surface area (Å²) in [6.07, 6.45) is 1.91. The first-order chi connectivity index (χ1) is 17.6. The van der Waals surface area contributed by atoms with E-state index in [0.29, 0.717) is 10.7 Å². The fraction of sp³-hybridized carbons (Fsp3) is 0.200. The zero-order chi connectivity index (χ0) is 26.6. The van der Waals surface area contributed by atoms with Crippen molar-refractivity contribution in [3.63, 3.8) is 0 Å². The molecule has 1 atom stereocenters. The number of methoxy groups -OCH3 is 1. The fourth-order valence-corrected chi connectivity index (χ4v) is 5.68. The average molecular weight is 515 g/mol. The molecule has 1 aromatic heterocycles. The number of nitrogens with zero attached hydrogens (tertiary/aromatic N) is 2. The Balaban J connectivity index is 1.86. The number of aliphatic hydroxyl groups is 1. The van der Waals surface area contributed by atoms with Crippen molar-refractivity contribution < 1.29 is 19.4 Å². The molecule has 1 aliphatic heterocycles. The van der Waals surface area contributed by atoms with E-state index < -0.39 is 17.7 Å². The van der Waals surface area contributed by atoms with Crippen molar-refractivity contribution in [1.82, 2.24) is 4.57 Å². The van der Waals surface area contributed by atoms with Gasteiger partial charge in [0.1, 0.15) is 11.5 Å². The minimum atomic E-state index is -0.865. The molecule has 1 unspecified atom stereocenters. The molecule has 1 N–H and O–H groups in total. The van der Waals surface area contributed by atoms with Crippen LogP contribution in [0.15, 0.2) is 66.4 Å². The summed E-state index contributed by atoms with van der Waals surface area (Å²) in [5, 5.41) is 12.9. The highest BCUT2D eigenvalue weighted by Crippen LogP contribution is 2.46. The Labute approximate surface area is 220 Å². The van der Waals surface area contributed by atoms with Crippen LogP contribution in [0.3, 0.4) is 0 Å². The van der Waals surface area contributed by atoms with E-state index in [1.54, 1.807) is 12.1 Å². The number of benzene rings is 3. The minimum absolute atomic E-state index is 0.0134. The van der Waals surface area contributed by atoms with E-state index in [2.05, 4.69) is 0 Å². The molecule has 1 saturated heterocycles. The summed E-state index contributed by atoms with van der Waals surface area (Å²) in [6.45, 7) is 5.72. The maximum Gasteiger partial charge on any atom is 0.300 e. The van der Waals surface area contributed by atoms with Crippen molar-refractivity contribution in [1.29, 1.82) is 0 Å². The second kappa shape index (κ2) is 9.12. The number of aromatic nitrogens is 1. The van der Waals surface area contributed by atoms with Crippen LogP contribution in [0.2, 0.25) is 5.02 Å². The second-order valence-electron chi connectivity index (χ2n) is 9.56. The van der Waals surface area contributed by atoms with Crippen LogP contribution in [0, 0.1) is 20.8 Å². The number of halogens is 1. The number of carbonyl (C=O) groups excluding carboxylic acids is 2. The van der Waals surface area contributed by atoms with Gasteiger partial charge in [-0.1, -0.05) is 35.9 Å². The Bertz CT molecular complexity index is 1610. The molecule has 2 heterocycles. The number of Topliss-reactive ketones (excluding diaryl/α,β-unsaturated/α-hetero) is 1. The molecule has 0 aliphatic carbocycles. The van der Waals surface area contributed by atoms with Gasteiger partial charge in [0.25, 0.3) is 11.7 Å². The van der Waals surface area contributed by atoms with Crippen LogP contribution in [-0.2, 0) is 16.6 Å². The SMILES string of the molecule is COc1c(Cl)cc(C)cc1/C(O)=C1\C(=O)C(=O)N(c2cc(C)cc(C)c2)C1c1cn(C)c2ccccc12. The number of aliphatic hydroxyl groups excluding tert-OH is 1. The van der Waals surface area contributed by atoms with Crippen LogP contribution < -0.4 is 9.64 Å². The van der Waals surface area contributed by atoms with Gasteiger partial charge in [0.15, 0.2) is 0 Å². The Kier molecular flexibility index (Phi) is 6.08. The first kappa shape index (κ1) is 24.7. The Hall–Kier alpha value is -4.03. The van der Waals surface area contributed by atoms with E-state index in [1.165, 1.54) is 12.0 Å². The number of carbonyl (C=O) groups is 2. The van der Waals surface area contributed by atoms with Crippen molar-refractivity contribution in [2.75, 3.05) is 12.0 Å². The Morgan fingerprint density at radius 2 is 1.62 bits per heavy atom. The van der Waals surface area contributed by atoms with Crippen LogP contribution >= 0.6 is 11.6 Å². The fourth-order valence-electron chi connectivity index (χ4n) is 5.33. The number of rotatable bonds is 4. The number of ether oxygens (including phenoxy) is 1. The van der Waals surface area contributed by atoms with E-state index in [9.17, 15) is 14.7 Å². The maximum absolute atomic E-state index is 13.7. The number of anilines is 1. The highest BCUT2D eigenvalue weighted by atomic mass is 35.5. The summed E-state index contributed by atoms with van der Waals surface area (Å²) in [4.78, 5) is 28.8. The minimum Gasteiger partial charge on any atom is -0.507 e. The molecule has 0 saturated carbocycles. The summed E-state index contributed by atoms with van der Waals surface area (Å²) in [5.74, 6) is -1.57. The zero-order valence-electron chi connectivity index (χ0n) is 21.3. The first-order valence-corrected chi connectivity index (χ1v) is 12.3. The molecule has 0 bridgehead atoms. The lowest BCUT2D eigenvalue weighted by Crippen LogP contribution is -2.29. The third-order valence-corrected chi connectivity index (χ3v) is 7.08. The number of hydrogen-bond donors (Lipinski definition) is 1. The van der Waals surface area contributed by atoms with Crippen molar-refractivity contribution >= 4 is 45.6 Å². The molecule has 7 heteroatoms. The van der Waals surface area contributed by atoms with Gasteiger partial charge < -0.3 is 14.4 Å². The van der Waals surface area contributed by atoms with Gasteiger partial charge in [-0.05, 0) is 67.8 Å². The van der Waals surface area contributed by atoms with Gasteiger partial charge in [-0.3, -0.25) is 14.5 Å². The van der Waals surface area contributed by atoms with E-state index in [1.807, 2.05) is 81.0 Å². The Morgan fingerprint density at radius 3 is 2.30 bits per heavy atom. The Morgan fingerprint density at radius 1 is 0.973 bits per heavy atom. The molecular formula is C30H27ClN2O4. The van der Waals surface area contributed by atoms with Gasteiger partial charge in [-0.2, -0.15) is 0 Å². The van der Waals surface area contributed by atoms with Gasteiger partial charge in [0.2, 0.25) is 0 Å². The number of fused-ring (bicyclic) bond motifs is 1. The summed E-state index contributed by atoms with van der Waals surface area (Å²) < 4.78 is 7.45. The molecular weight excluding hydrogens is 488 g/mol. The third-order valence-electron chi connectivity index (χ3n) is 6.80.